The summed E-state index contributed by atoms with van der Waals surface area (Å²) in [5.74, 6) is 0.182. The number of piperazine rings is 1. The minimum atomic E-state index is -1.02. The molecule has 1 aromatic heterocycles. The Labute approximate surface area is 197 Å². The van der Waals surface area contributed by atoms with Gasteiger partial charge in [0.15, 0.2) is 5.60 Å². The van der Waals surface area contributed by atoms with E-state index in [2.05, 4.69) is 21.8 Å². The van der Waals surface area contributed by atoms with Crippen molar-refractivity contribution in [2.45, 2.75) is 5.60 Å². The van der Waals surface area contributed by atoms with Gasteiger partial charge < -0.3 is 24.2 Å². The van der Waals surface area contributed by atoms with Gasteiger partial charge in [-0.1, -0.05) is 6.07 Å². The van der Waals surface area contributed by atoms with Crippen LogP contribution in [0.2, 0.25) is 0 Å². The first-order chi connectivity index (χ1) is 16.4. The number of halogens is 1. The number of anilines is 2. The van der Waals surface area contributed by atoms with Crippen LogP contribution in [0.4, 0.5) is 20.7 Å². The maximum Gasteiger partial charge on any atom is 0.415 e. The van der Waals surface area contributed by atoms with Crippen molar-refractivity contribution in [1.82, 2.24) is 14.8 Å². The summed E-state index contributed by atoms with van der Waals surface area (Å²) in [7, 11) is 2.09. The van der Waals surface area contributed by atoms with E-state index in [0.717, 1.165) is 32.0 Å². The first-order valence-electron chi connectivity index (χ1n) is 11.5. The second-order valence-corrected chi connectivity index (χ2v) is 9.09. The number of amides is 2. The smallest absolute Gasteiger partial charge is 0.415 e. The Kier molecular flexibility index (Phi) is 6.09. The summed E-state index contributed by atoms with van der Waals surface area (Å²) < 4.78 is 25.2. The second-order valence-electron chi connectivity index (χ2n) is 9.09. The molecule has 1 spiro atoms. The lowest BCUT2D eigenvalue weighted by Gasteiger charge is -2.33. The molecule has 0 aliphatic carbocycles. The minimum absolute atomic E-state index is 0.164. The number of hydrogen-bond acceptors (Lipinski definition) is 7. The van der Waals surface area contributed by atoms with Gasteiger partial charge in [-0.3, -0.25) is 9.69 Å². The highest BCUT2D eigenvalue weighted by molar-refractivity contribution is 5.95. The van der Waals surface area contributed by atoms with E-state index in [0.29, 0.717) is 24.4 Å². The maximum absolute atomic E-state index is 13.7. The molecule has 0 bridgehead atoms. The van der Waals surface area contributed by atoms with Gasteiger partial charge in [0.1, 0.15) is 11.6 Å². The zero-order valence-electron chi connectivity index (χ0n) is 19.2. The predicted molar refractivity (Wildman–Crippen MR) is 124 cm³/mol. The van der Waals surface area contributed by atoms with Crippen LogP contribution in [-0.2, 0) is 9.47 Å². The molecule has 3 aliphatic heterocycles. The molecule has 180 valence electrons. The summed E-state index contributed by atoms with van der Waals surface area (Å²) in [5, 5.41) is 0. The molecule has 5 rings (SSSR count). The van der Waals surface area contributed by atoms with Crippen LogP contribution >= 0.6 is 0 Å². The molecule has 9 nitrogen and oxygen atoms in total. The molecule has 2 aromatic rings. The molecular weight excluding hydrogens is 441 g/mol. The Bertz CT molecular complexity index is 1080. The Morgan fingerprint density at radius 1 is 1.09 bits per heavy atom. The predicted octanol–water partition coefficient (Wildman–Crippen LogP) is 1.84. The van der Waals surface area contributed by atoms with Crippen LogP contribution in [0.3, 0.4) is 0 Å². The summed E-state index contributed by atoms with van der Waals surface area (Å²) in [6.45, 7) is 4.83. The number of nitrogens with zero attached hydrogens (tertiary/aromatic N) is 5. The number of carbonyl (C=O) groups is 2. The van der Waals surface area contributed by atoms with E-state index in [4.69, 9.17) is 9.47 Å². The van der Waals surface area contributed by atoms with Crippen molar-refractivity contribution in [2.75, 3.05) is 75.9 Å². The van der Waals surface area contributed by atoms with Gasteiger partial charge in [-0.05, 0) is 37.4 Å². The first kappa shape index (κ1) is 22.5. The lowest BCUT2D eigenvalue weighted by Crippen LogP contribution is -2.49. The third kappa shape index (κ3) is 4.55. The van der Waals surface area contributed by atoms with Gasteiger partial charge in [0.25, 0.3) is 5.91 Å². The van der Waals surface area contributed by atoms with Gasteiger partial charge >= 0.3 is 6.09 Å². The van der Waals surface area contributed by atoms with E-state index >= 15 is 0 Å². The number of carbonyl (C=O) groups excluding carboxylic acids is 2. The highest BCUT2D eigenvalue weighted by atomic mass is 19.1. The van der Waals surface area contributed by atoms with Gasteiger partial charge in [0.2, 0.25) is 0 Å². The number of ether oxygens (including phenoxy) is 2. The first-order valence-corrected chi connectivity index (χ1v) is 11.5. The van der Waals surface area contributed by atoms with Gasteiger partial charge in [0, 0.05) is 44.5 Å². The number of rotatable bonds is 3. The molecule has 10 heteroatoms. The summed E-state index contributed by atoms with van der Waals surface area (Å²) in [6, 6.07) is 9.34. The van der Waals surface area contributed by atoms with E-state index < -0.39 is 17.5 Å². The quantitative estimate of drug-likeness (QED) is 0.679. The zero-order valence-corrected chi connectivity index (χ0v) is 19.2. The molecule has 0 saturated carbocycles. The fraction of sp³-hybridized carbons (Fsp3) is 0.458. The lowest BCUT2D eigenvalue weighted by atomic mass is 10.0. The summed E-state index contributed by atoms with van der Waals surface area (Å²) in [6.07, 6.45) is 1.08. The van der Waals surface area contributed by atoms with Crippen molar-refractivity contribution in [3.63, 3.8) is 0 Å². The number of benzene rings is 1. The van der Waals surface area contributed by atoms with E-state index in [9.17, 15) is 14.0 Å². The molecule has 1 atom stereocenters. The van der Waals surface area contributed by atoms with Crippen LogP contribution in [0.15, 0.2) is 42.6 Å². The highest BCUT2D eigenvalue weighted by Crippen LogP contribution is 2.31. The third-order valence-corrected chi connectivity index (χ3v) is 6.55. The van der Waals surface area contributed by atoms with E-state index in [1.165, 1.54) is 17.0 Å². The number of aromatic nitrogens is 1. The Hall–Kier alpha value is -3.24. The standard InChI is InChI=1S/C24H28FN5O4/c1-27-7-9-28(10-8-27)21-13-18(5-6-26-21)22(31)29-11-12-33-17-24(15-29)16-30(23(32)34-24)20-4-2-3-19(25)14-20/h2-6,13-14H,7-12,15-17H2,1H3/t24-/m0/s1. The Morgan fingerprint density at radius 3 is 2.71 bits per heavy atom. The van der Waals surface area contributed by atoms with Crippen LogP contribution in [0.25, 0.3) is 0 Å². The van der Waals surface area contributed by atoms with Crippen LogP contribution in [0.1, 0.15) is 10.4 Å². The van der Waals surface area contributed by atoms with Gasteiger partial charge in [-0.25, -0.2) is 14.2 Å². The van der Waals surface area contributed by atoms with Crippen molar-refractivity contribution < 1.29 is 23.5 Å². The third-order valence-electron chi connectivity index (χ3n) is 6.55. The average Bonchev–Trinajstić information content (AvgIpc) is 3.02. The summed E-state index contributed by atoms with van der Waals surface area (Å²) >= 11 is 0. The monoisotopic (exact) mass is 469 g/mol. The number of hydrogen-bond donors (Lipinski definition) is 0. The average molecular weight is 470 g/mol. The fourth-order valence-corrected chi connectivity index (χ4v) is 4.64. The number of pyridine rings is 1. The van der Waals surface area contributed by atoms with Crippen molar-refractivity contribution in [3.05, 3.63) is 54.0 Å². The van der Waals surface area contributed by atoms with E-state index in [-0.39, 0.29) is 25.6 Å². The van der Waals surface area contributed by atoms with E-state index in [1.807, 2.05) is 6.07 Å². The van der Waals surface area contributed by atoms with Crippen LogP contribution in [0, 0.1) is 5.82 Å². The molecule has 2 amide bonds. The van der Waals surface area contributed by atoms with Crippen molar-refractivity contribution in [3.8, 4) is 0 Å². The molecule has 4 heterocycles. The molecule has 3 aliphatic rings. The largest absolute Gasteiger partial charge is 0.436 e. The summed E-state index contributed by atoms with van der Waals surface area (Å²) in [5.41, 5.74) is -0.0784. The molecule has 3 fully saturated rings. The van der Waals surface area contributed by atoms with Gasteiger partial charge in [-0.15, -0.1) is 0 Å². The van der Waals surface area contributed by atoms with Crippen molar-refractivity contribution in [2.24, 2.45) is 0 Å². The second kappa shape index (κ2) is 9.19. The van der Waals surface area contributed by atoms with Crippen molar-refractivity contribution >= 4 is 23.5 Å². The lowest BCUT2D eigenvalue weighted by molar-refractivity contribution is -0.0140. The summed E-state index contributed by atoms with van der Waals surface area (Å²) in [4.78, 5) is 38.1. The molecule has 3 saturated heterocycles. The molecule has 1 aromatic carbocycles. The van der Waals surface area contributed by atoms with Gasteiger partial charge in [-0.2, -0.15) is 0 Å². The van der Waals surface area contributed by atoms with Crippen LogP contribution < -0.4 is 9.80 Å². The molecule has 34 heavy (non-hydrogen) atoms. The minimum Gasteiger partial charge on any atom is -0.436 e. The Balaban J connectivity index is 1.33. The van der Waals surface area contributed by atoms with Crippen LogP contribution in [-0.4, -0.2) is 98.5 Å². The SMILES string of the molecule is CN1CCN(c2cc(C(=O)N3CCOC[C@]4(C3)CN(c3cccc(F)c3)C(=O)O4)ccn2)CC1. The molecule has 0 N–H and O–H groups in total. The molecular formula is C24H28FN5O4. The fourth-order valence-electron chi connectivity index (χ4n) is 4.64. The van der Waals surface area contributed by atoms with Crippen LogP contribution in [0.5, 0.6) is 0 Å². The van der Waals surface area contributed by atoms with E-state index in [1.54, 1.807) is 29.3 Å². The maximum atomic E-state index is 13.7. The topological polar surface area (TPSA) is 78.5 Å². The normalized spacial score (nSPS) is 23.8. The van der Waals surface area contributed by atoms with Crippen molar-refractivity contribution in [1.29, 1.82) is 0 Å². The molecule has 0 unspecified atom stereocenters. The molecule has 0 radical (unpaired) electrons. The Morgan fingerprint density at radius 2 is 1.91 bits per heavy atom. The highest BCUT2D eigenvalue weighted by Gasteiger charge is 2.49. The zero-order chi connectivity index (χ0) is 23.7. The van der Waals surface area contributed by atoms with Gasteiger partial charge in [0.05, 0.1) is 32.0 Å². The number of likely N-dealkylation sites (N-methyl/N-ethyl adjacent to an activating group) is 1.